The highest BCUT2D eigenvalue weighted by Gasteiger charge is 2.08. The van der Waals surface area contributed by atoms with Crippen LogP contribution in [0.5, 0.6) is 0 Å². The normalized spacial score (nSPS) is 11.0. The van der Waals surface area contributed by atoms with Crippen LogP contribution in [0.25, 0.3) is 11.0 Å². The molecule has 0 fully saturated rings. The van der Waals surface area contributed by atoms with E-state index in [1.165, 1.54) is 0 Å². The monoisotopic (exact) mass is 302 g/mol. The van der Waals surface area contributed by atoms with E-state index in [1.807, 2.05) is 30.7 Å². The van der Waals surface area contributed by atoms with Crippen molar-refractivity contribution in [3.8, 4) is 0 Å². The van der Waals surface area contributed by atoms with Crippen molar-refractivity contribution in [2.75, 3.05) is 5.32 Å². The van der Waals surface area contributed by atoms with Crippen molar-refractivity contribution < 1.29 is 0 Å². The third kappa shape index (κ3) is 2.80. The zero-order chi connectivity index (χ0) is 14.8. The van der Waals surface area contributed by atoms with Crippen LogP contribution in [0.4, 0.5) is 5.82 Å². The molecule has 1 aromatic carbocycles. The molecule has 108 valence electrons. The Morgan fingerprint density at radius 1 is 1.29 bits per heavy atom. The number of halogens is 1. The smallest absolute Gasteiger partial charge is 0.145 e. The maximum absolute atomic E-state index is 5.94. The summed E-state index contributed by atoms with van der Waals surface area (Å²) in [4.78, 5) is 8.88. The summed E-state index contributed by atoms with van der Waals surface area (Å²) < 4.78 is 1.87. The van der Waals surface area contributed by atoms with E-state index in [-0.39, 0.29) is 0 Å². The predicted octanol–water partition coefficient (Wildman–Crippen LogP) is 2.82. The van der Waals surface area contributed by atoms with E-state index in [4.69, 9.17) is 11.6 Å². The molecule has 2 aromatic heterocycles. The third-order valence-corrected chi connectivity index (χ3v) is 3.51. The van der Waals surface area contributed by atoms with E-state index < -0.39 is 0 Å². The number of nitrogens with zero attached hydrogens (tertiary/aromatic N) is 5. The number of nitrogens with one attached hydrogen (secondary N) is 1. The lowest BCUT2D eigenvalue weighted by atomic mass is 10.3. The summed E-state index contributed by atoms with van der Waals surface area (Å²) in [5.41, 5.74) is 3.56. The Bertz CT molecular complexity index is 782. The molecule has 3 aromatic rings. The highest BCUT2D eigenvalue weighted by Crippen LogP contribution is 2.17. The molecule has 7 heteroatoms. The van der Waals surface area contributed by atoms with Gasteiger partial charge >= 0.3 is 0 Å². The quantitative estimate of drug-likeness (QED) is 0.802. The fourth-order valence-electron chi connectivity index (χ4n) is 2.14. The minimum atomic E-state index is 0.612. The first-order valence-electron chi connectivity index (χ1n) is 6.72. The number of hydrogen-bond donors (Lipinski definition) is 1. The molecule has 2 heterocycles. The molecule has 0 saturated carbocycles. The van der Waals surface area contributed by atoms with Crippen LogP contribution in [0.15, 0.2) is 24.4 Å². The molecule has 3 rings (SSSR count). The Morgan fingerprint density at radius 2 is 2.14 bits per heavy atom. The first kappa shape index (κ1) is 13.8. The molecule has 0 aliphatic carbocycles. The fourth-order valence-corrected chi connectivity index (χ4v) is 2.30. The topological polar surface area (TPSA) is 68.5 Å². The molecule has 0 radical (unpaired) electrons. The van der Waals surface area contributed by atoms with Crippen molar-refractivity contribution >= 4 is 28.5 Å². The van der Waals surface area contributed by atoms with Gasteiger partial charge in [-0.1, -0.05) is 16.8 Å². The van der Waals surface area contributed by atoms with Gasteiger partial charge in [0.25, 0.3) is 0 Å². The highest BCUT2D eigenvalue weighted by molar-refractivity contribution is 6.31. The molecule has 0 unspecified atom stereocenters. The summed E-state index contributed by atoms with van der Waals surface area (Å²) in [7, 11) is 0. The van der Waals surface area contributed by atoms with E-state index in [2.05, 4.69) is 25.6 Å². The van der Waals surface area contributed by atoms with Crippen LogP contribution in [0.2, 0.25) is 5.02 Å². The van der Waals surface area contributed by atoms with Crippen molar-refractivity contribution in [3.05, 3.63) is 40.8 Å². The summed E-state index contributed by atoms with van der Waals surface area (Å²) in [5.74, 6) is 0.716. The summed E-state index contributed by atoms with van der Waals surface area (Å²) >= 11 is 5.94. The third-order valence-electron chi connectivity index (χ3n) is 3.27. The molecular formula is C14H15ClN6. The van der Waals surface area contributed by atoms with Crippen molar-refractivity contribution in [3.63, 3.8) is 0 Å². The molecule has 0 aliphatic rings. The molecule has 0 aliphatic heterocycles. The van der Waals surface area contributed by atoms with Gasteiger partial charge in [-0.3, -0.25) is 4.98 Å². The number of fused-ring (bicyclic) bond motifs is 1. The second-order valence-corrected chi connectivity index (χ2v) is 5.12. The van der Waals surface area contributed by atoms with E-state index in [0.717, 1.165) is 29.0 Å². The molecule has 0 saturated heterocycles. The predicted molar refractivity (Wildman–Crippen MR) is 82.3 cm³/mol. The van der Waals surface area contributed by atoms with Crippen LogP contribution in [0.1, 0.15) is 18.3 Å². The number of aromatic nitrogens is 5. The number of benzene rings is 1. The number of rotatable bonds is 4. The van der Waals surface area contributed by atoms with Gasteiger partial charge in [0.1, 0.15) is 5.82 Å². The first-order chi connectivity index (χ1) is 10.2. The van der Waals surface area contributed by atoms with Crippen LogP contribution in [-0.2, 0) is 13.1 Å². The van der Waals surface area contributed by atoms with Gasteiger partial charge in [-0.2, -0.15) is 0 Å². The van der Waals surface area contributed by atoms with Gasteiger partial charge in [-0.15, -0.1) is 5.10 Å². The van der Waals surface area contributed by atoms with Crippen LogP contribution < -0.4 is 5.32 Å². The van der Waals surface area contributed by atoms with Gasteiger partial charge in [0.15, 0.2) is 0 Å². The molecule has 0 bridgehead atoms. The Morgan fingerprint density at radius 3 is 2.95 bits per heavy atom. The minimum absolute atomic E-state index is 0.612. The van der Waals surface area contributed by atoms with Crippen LogP contribution in [-0.4, -0.2) is 25.0 Å². The number of aryl methyl sites for hydroxylation is 2. The molecular weight excluding hydrogens is 288 g/mol. The number of anilines is 1. The van der Waals surface area contributed by atoms with Crippen molar-refractivity contribution in [2.45, 2.75) is 26.9 Å². The molecule has 6 nitrogen and oxygen atoms in total. The lowest BCUT2D eigenvalue weighted by molar-refractivity contribution is 0.602. The van der Waals surface area contributed by atoms with E-state index in [9.17, 15) is 0 Å². The molecule has 21 heavy (non-hydrogen) atoms. The first-order valence-corrected chi connectivity index (χ1v) is 7.10. The molecule has 0 spiro atoms. The summed E-state index contributed by atoms with van der Waals surface area (Å²) in [6.45, 7) is 5.39. The number of hydrogen-bond acceptors (Lipinski definition) is 5. The van der Waals surface area contributed by atoms with Crippen LogP contribution >= 0.6 is 11.6 Å². The van der Waals surface area contributed by atoms with Gasteiger partial charge in [0, 0.05) is 11.6 Å². The van der Waals surface area contributed by atoms with Gasteiger partial charge in [0.2, 0.25) is 0 Å². The van der Waals surface area contributed by atoms with Gasteiger partial charge in [-0.25, -0.2) is 9.67 Å². The summed E-state index contributed by atoms with van der Waals surface area (Å²) in [6.07, 6.45) is 1.70. The summed E-state index contributed by atoms with van der Waals surface area (Å²) in [5, 5.41) is 12.1. The fraction of sp³-hybridized carbons (Fsp3) is 0.286. The van der Waals surface area contributed by atoms with Gasteiger partial charge in [0.05, 0.1) is 35.2 Å². The average molecular weight is 303 g/mol. The lowest BCUT2D eigenvalue weighted by Gasteiger charge is -2.08. The Labute approximate surface area is 127 Å². The molecule has 0 amide bonds. The van der Waals surface area contributed by atoms with Crippen LogP contribution in [0.3, 0.4) is 0 Å². The standard InChI is InChI=1S/C14H15ClN6/c1-3-21-13(9(2)19-20-21)7-17-14-8-16-12-6-10(15)4-5-11(12)18-14/h4-6,8H,3,7H2,1-2H3,(H,17,18). The SMILES string of the molecule is CCn1nnc(C)c1CNc1cnc2cc(Cl)ccc2n1. The summed E-state index contributed by atoms with van der Waals surface area (Å²) in [6, 6.07) is 5.47. The minimum Gasteiger partial charge on any atom is -0.363 e. The maximum Gasteiger partial charge on any atom is 0.145 e. The molecule has 1 N–H and O–H groups in total. The van der Waals surface area contributed by atoms with E-state index in [0.29, 0.717) is 17.4 Å². The van der Waals surface area contributed by atoms with Crippen molar-refractivity contribution in [2.24, 2.45) is 0 Å². The van der Waals surface area contributed by atoms with E-state index in [1.54, 1.807) is 12.3 Å². The largest absolute Gasteiger partial charge is 0.363 e. The second kappa shape index (κ2) is 5.65. The highest BCUT2D eigenvalue weighted by atomic mass is 35.5. The van der Waals surface area contributed by atoms with E-state index >= 15 is 0 Å². The zero-order valence-electron chi connectivity index (χ0n) is 11.8. The van der Waals surface area contributed by atoms with Gasteiger partial charge in [-0.05, 0) is 32.0 Å². The van der Waals surface area contributed by atoms with Crippen LogP contribution in [0, 0.1) is 6.92 Å². The Kier molecular flexibility index (Phi) is 3.70. The maximum atomic E-state index is 5.94. The Hall–Kier alpha value is -2.21. The average Bonchev–Trinajstić information content (AvgIpc) is 2.85. The zero-order valence-corrected chi connectivity index (χ0v) is 12.6. The van der Waals surface area contributed by atoms with Crippen molar-refractivity contribution in [1.29, 1.82) is 0 Å². The second-order valence-electron chi connectivity index (χ2n) is 4.68. The van der Waals surface area contributed by atoms with Gasteiger partial charge < -0.3 is 5.32 Å². The lowest BCUT2D eigenvalue weighted by Crippen LogP contribution is -2.10. The molecule has 0 atom stereocenters. The Balaban J connectivity index is 1.82. The van der Waals surface area contributed by atoms with Crippen molar-refractivity contribution in [1.82, 2.24) is 25.0 Å².